The number of amides is 3. The number of urea groups is 1. The number of carbonyl (C=O) groups excluding carboxylic acids is 3. The zero-order valence-corrected chi connectivity index (χ0v) is 21.6. The van der Waals surface area contributed by atoms with Crippen LogP contribution in [0.5, 0.6) is 5.75 Å². The Kier molecular flexibility index (Phi) is 8.86. The maximum atomic E-state index is 13.5. The van der Waals surface area contributed by atoms with Crippen LogP contribution < -0.4 is 10.1 Å². The van der Waals surface area contributed by atoms with Crippen LogP contribution in [-0.4, -0.2) is 53.6 Å². The van der Waals surface area contributed by atoms with E-state index in [1.807, 2.05) is 26.0 Å². The molecule has 1 aliphatic heterocycles. The van der Waals surface area contributed by atoms with E-state index in [0.717, 1.165) is 10.5 Å². The van der Waals surface area contributed by atoms with Gasteiger partial charge in [-0.25, -0.2) is 4.79 Å². The molecule has 8 nitrogen and oxygen atoms in total. The molecule has 3 rings (SSSR count). The monoisotopic (exact) mass is 521 g/mol. The number of benzene rings is 2. The Balaban J connectivity index is 1.86. The molecule has 10 heteroatoms. The van der Waals surface area contributed by atoms with Crippen molar-refractivity contribution in [2.45, 2.75) is 46.0 Å². The number of rotatable bonds is 9. The molecule has 35 heavy (non-hydrogen) atoms. The molecule has 0 aliphatic carbocycles. The summed E-state index contributed by atoms with van der Waals surface area (Å²) in [6.45, 7) is 5.59. The number of nitrogens with zero attached hydrogens (tertiary/aromatic N) is 2. The van der Waals surface area contributed by atoms with Crippen molar-refractivity contribution < 1.29 is 23.9 Å². The fraction of sp³-hybridized carbons (Fsp3) is 0.400. The summed E-state index contributed by atoms with van der Waals surface area (Å²) in [4.78, 5) is 41.0. The molecule has 2 aromatic carbocycles. The minimum atomic E-state index is -0.651. The van der Waals surface area contributed by atoms with E-state index in [4.69, 9.17) is 32.7 Å². The van der Waals surface area contributed by atoms with Crippen LogP contribution in [0.3, 0.4) is 0 Å². The van der Waals surface area contributed by atoms with Crippen LogP contribution in [0.1, 0.15) is 32.8 Å². The highest BCUT2D eigenvalue weighted by molar-refractivity contribution is 6.32. The molecule has 0 saturated carbocycles. The summed E-state index contributed by atoms with van der Waals surface area (Å²) in [5.74, 6) is -0.985. The van der Waals surface area contributed by atoms with Crippen LogP contribution in [-0.2, 0) is 20.9 Å². The second kappa shape index (κ2) is 11.6. The van der Waals surface area contributed by atoms with E-state index in [2.05, 4.69) is 5.32 Å². The van der Waals surface area contributed by atoms with Crippen molar-refractivity contribution in [3.05, 3.63) is 58.1 Å². The van der Waals surface area contributed by atoms with Crippen LogP contribution >= 0.6 is 23.2 Å². The van der Waals surface area contributed by atoms with E-state index >= 15 is 0 Å². The van der Waals surface area contributed by atoms with Gasteiger partial charge in [0.1, 0.15) is 11.9 Å². The zero-order chi connectivity index (χ0) is 25.7. The number of nitrogens with one attached hydrogen (secondary N) is 1. The lowest BCUT2D eigenvalue weighted by atomic mass is 10.1. The number of esters is 1. The van der Waals surface area contributed by atoms with Crippen molar-refractivity contribution in [1.29, 1.82) is 0 Å². The molecule has 1 unspecified atom stereocenters. The van der Waals surface area contributed by atoms with Gasteiger partial charge >= 0.3 is 12.0 Å². The zero-order valence-electron chi connectivity index (χ0n) is 20.1. The molecule has 0 bridgehead atoms. The largest absolute Gasteiger partial charge is 0.489 e. The van der Waals surface area contributed by atoms with E-state index < -0.39 is 24.1 Å². The van der Waals surface area contributed by atoms with Gasteiger partial charge in [0.2, 0.25) is 5.91 Å². The van der Waals surface area contributed by atoms with Crippen molar-refractivity contribution in [1.82, 2.24) is 9.80 Å². The second-order valence-corrected chi connectivity index (χ2v) is 9.49. The van der Waals surface area contributed by atoms with Crippen LogP contribution in [0.25, 0.3) is 0 Å². The van der Waals surface area contributed by atoms with E-state index in [1.165, 1.54) is 7.11 Å². The molecule has 0 aromatic heterocycles. The number of hydrogen-bond donors (Lipinski definition) is 1. The highest BCUT2D eigenvalue weighted by atomic mass is 35.5. The Morgan fingerprint density at radius 3 is 2.40 bits per heavy atom. The highest BCUT2D eigenvalue weighted by Crippen LogP contribution is 2.30. The van der Waals surface area contributed by atoms with Crippen LogP contribution in [0.15, 0.2) is 42.5 Å². The first kappa shape index (κ1) is 26.6. The molecule has 0 radical (unpaired) electrons. The normalized spacial score (nSPS) is 16.9. The fourth-order valence-corrected chi connectivity index (χ4v) is 4.09. The topological polar surface area (TPSA) is 88.2 Å². The van der Waals surface area contributed by atoms with Gasteiger partial charge in [0.25, 0.3) is 0 Å². The summed E-state index contributed by atoms with van der Waals surface area (Å²) >= 11 is 12.4. The summed E-state index contributed by atoms with van der Waals surface area (Å²) in [5.41, 5.74) is 1.47. The highest BCUT2D eigenvalue weighted by Gasteiger charge is 2.40. The quantitative estimate of drug-likeness (QED) is 0.457. The maximum absolute atomic E-state index is 13.5. The Labute approximate surface area is 215 Å². The molecule has 1 heterocycles. The van der Waals surface area contributed by atoms with Crippen molar-refractivity contribution in [2.24, 2.45) is 5.92 Å². The first-order chi connectivity index (χ1) is 16.6. The molecule has 2 atom stereocenters. The summed E-state index contributed by atoms with van der Waals surface area (Å²) in [6.07, 6.45) is -0.661. The van der Waals surface area contributed by atoms with Crippen molar-refractivity contribution in [3.8, 4) is 5.75 Å². The van der Waals surface area contributed by atoms with Crippen molar-refractivity contribution >= 4 is 46.8 Å². The van der Waals surface area contributed by atoms with Gasteiger partial charge in [0.15, 0.2) is 0 Å². The number of anilines is 1. The first-order valence-corrected chi connectivity index (χ1v) is 12.0. The maximum Gasteiger partial charge on any atom is 0.328 e. The molecule has 188 valence electrons. The Morgan fingerprint density at radius 1 is 1.11 bits per heavy atom. The lowest BCUT2D eigenvalue weighted by molar-refractivity contribution is -0.146. The molecular weight excluding hydrogens is 493 g/mol. The molecule has 1 fully saturated rings. The smallest absolute Gasteiger partial charge is 0.328 e. The third-order valence-corrected chi connectivity index (χ3v) is 6.02. The Bertz CT molecular complexity index is 1080. The van der Waals surface area contributed by atoms with Gasteiger partial charge in [0, 0.05) is 23.8 Å². The first-order valence-electron chi connectivity index (χ1n) is 11.2. The average Bonchev–Trinajstić information content (AvgIpc) is 2.81. The number of hydrogen-bond acceptors (Lipinski definition) is 6. The lowest BCUT2D eigenvalue weighted by Crippen LogP contribution is -2.59. The fourth-order valence-electron chi connectivity index (χ4n) is 3.74. The van der Waals surface area contributed by atoms with E-state index in [9.17, 15) is 14.4 Å². The number of ether oxygens (including phenoxy) is 2. The van der Waals surface area contributed by atoms with E-state index in [1.54, 1.807) is 42.2 Å². The molecule has 2 aromatic rings. The predicted molar refractivity (Wildman–Crippen MR) is 135 cm³/mol. The summed E-state index contributed by atoms with van der Waals surface area (Å²) < 4.78 is 10.4. The summed E-state index contributed by atoms with van der Waals surface area (Å²) in [5, 5.41) is 4.24. The van der Waals surface area contributed by atoms with Crippen LogP contribution in [0.4, 0.5) is 10.5 Å². The van der Waals surface area contributed by atoms with Gasteiger partial charge in [-0.15, -0.1) is 0 Å². The van der Waals surface area contributed by atoms with Crippen molar-refractivity contribution in [2.75, 3.05) is 19.0 Å². The van der Waals surface area contributed by atoms with E-state index in [-0.39, 0.29) is 31.5 Å². The number of methoxy groups -OCH3 is 1. The summed E-state index contributed by atoms with van der Waals surface area (Å²) in [7, 11) is 1.27. The van der Waals surface area contributed by atoms with Crippen LogP contribution in [0.2, 0.25) is 10.0 Å². The number of imide groups is 1. The van der Waals surface area contributed by atoms with Gasteiger partial charge in [0.05, 0.1) is 30.6 Å². The Hall–Kier alpha value is -2.97. The number of carbonyl (C=O) groups is 3. The third kappa shape index (κ3) is 6.80. The molecule has 1 N–H and O–H groups in total. The molecule has 3 amide bonds. The third-order valence-electron chi connectivity index (χ3n) is 5.48. The summed E-state index contributed by atoms with van der Waals surface area (Å²) in [6, 6.07) is 11.8. The minimum Gasteiger partial charge on any atom is -0.489 e. The van der Waals surface area contributed by atoms with Crippen LogP contribution in [0, 0.1) is 5.92 Å². The van der Waals surface area contributed by atoms with Gasteiger partial charge in [-0.3, -0.25) is 19.4 Å². The minimum absolute atomic E-state index is 0.00901. The molecule has 1 saturated heterocycles. The van der Waals surface area contributed by atoms with Crippen molar-refractivity contribution in [3.63, 3.8) is 0 Å². The predicted octanol–water partition coefficient (Wildman–Crippen LogP) is 5.18. The average molecular weight is 522 g/mol. The SMILES string of the molecule is COC(=O)[C@@H](C)CN1C(=O)CC(Nc2ccc(OC(C)C)c(Cl)c2)N(Cc2ccc(Cl)cc2)C1=O. The van der Waals surface area contributed by atoms with Gasteiger partial charge in [-0.2, -0.15) is 0 Å². The standard InChI is InChI=1S/C25H29Cl2N3O5/c1-15(2)35-21-10-9-19(11-20(21)27)28-22-12-23(31)30(13-16(3)24(32)34-4)25(33)29(22)14-17-5-7-18(26)8-6-17/h5-11,15-16,22,28H,12-14H2,1-4H3/t16-,22?/m0/s1. The van der Waals surface area contributed by atoms with E-state index in [0.29, 0.717) is 21.5 Å². The molecule has 1 aliphatic rings. The van der Waals surface area contributed by atoms with Gasteiger partial charge < -0.3 is 14.8 Å². The van der Waals surface area contributed by atoms with Gasteiger partial charge in [-0.1, -0.05) is 42.3 Å². The molecule has 0 spiro atoms. The Morgan fingerprint density at radius 2 is 1.80 bits per heavy atom. The second-order valence-electron chi connectivity index (χ2n) is 8.64. The molecular formula is C25H29Cl2N3O5. The number of halogens is 2. The lowest BCUT2D eigenvalue weighted by Gasteiger charge is -2.41. The van der Waals surface area contributed by atoms with Gasteiger partial charge in [-0.05, 0) is 49.7 Å².